The van der Waals surface area contributed by atoms with Crippen LogP contribution in [0.4, 0.5) is 0 Å². The predicted molar refractivity (Wildman–Crippen MR) is 52.8 cm³/mol. The Balaban J connectivity index is 2.51. The number of fused-ring (bicyclic) bond motifs is 1. The Kier molecular flexibility index (Phi) is 2.12. The molecule has 1 N–H and O–H groups in total. The molecule has 1 atom stereocenters. The van der Waals surface area contributed by atoms with Crippen molar-refractivity contribution in [1.29, 1.82) is 0 Å². The van der Waals surface area contributed by atoms with E-state index in [2.05, 4.69) is 35.9 Å². The highest BCUT2D eigenvalue weighted by Gasteiger charge is 2.22. The number of rotatable bonds is 1. The van der Waals surface area contributed by atoms with E-state index in [1.807, 2.05) is 0 Å². The fraction of sp³-hybridized carbons (Fsp3) is 0.700. The third kappa shape index (κ3) is 1.27. The molecule has 1 unspecified atom stereocenters. The average Bonchev–Trinajstić information content (AvgIpc) is 2.44. The Morgan fingerprint density at radius 3 is 3.08 bits per heavy atom. The van der Waals surface area contributed by atoms with Gasteiger partial charge in [-0.3, -0.25) is 4.68 Å². The molecule has 3 nitrogen and oxygen atoms in total. The molecule has 0 fully saturated rings. The van der Waals surface area contributed by atoms with Gasteiger partial charge in [-0.1, -0.05) is 0 Å². The van der Waals surface area contributed by atoms with Gasteiger partial charge in [-0.15, -0.1) is 0 Å². The van der Waals surface area contributed by atoms with Crippen LogP contribution in [0.3, 0.4) is 0 Å². The molecule has 2 rings (SSSR count). The van der Waals surface area contributed by atoms with Gasteiger partial charge in [0.1, 0.15) is 0 Å². The number of nitrogens with one attached hydrogen (secondary N) is 1. The van der Waals surface area contributed by atoms with Gasteiger partial charge in [-0.25, -0.2) is 0 Å². The standard InChI is InChI=1S/C10H17N3/c1-4-13-9-5-6-11-7(2)10(9)8(3)12-13/h7,11H,4-6H2,1-3H3. The Bertz CT molecular complexity index is 314. The second-order valence-corrected chi connectivity index (χ2v) is 3.69. The van der Waals surface area contributed by atoms with Crippen LogP contribution in [0.25, 0.3) is 0 Å². The first kappa shape index (κ1) is 8.75. The molecule has 0 saturated carbocycles. The van der Waals surface area contributed by atoms with Crippen molar-refractivity contribution in [2.75, 3.05) is 6.54 Å². The molecule has 3 heteroatoms. The number of aromatic nitrogens is 2. The molecular formula is C10H17N3. The molecule has 2 heterocycles. The number of hydrogen-bond acceptors (Lipinski definition) is 2. The molecular weight excluding hydrogens is 162 g/mol. The van der Waals surface area contributed by atoms with Crippen LogP contribution in [-0.4, -0.2) is 16.3 Å². The zero-order chi connectivity index (χ0) is 9.42. The monoisotopic (exact) mass is 179 g/mol. The van der Waals surface area contributed by atoms with Crippen molar-refractivity contribution in [3.05, 3.63) is 17.0 Å². The lowest BCUT2D eigenvalue weighted by atomic mass is 10.0. The van der Waals surface area contributed by atoms with E-state index in [0.29, 0.717) is 6.04 Å². The summed E-state index contributed by atoms with van der Waals surface area (Å²) < 4.78 is 2.14. The van der Waals surface area contributed by atoms with E-state index in [-0.39, 0.29) is 0 Å². The van der Waals surface area contributed by atoms with Crippen LogP contribution in [0.2, 0.25) is 0 Å². The van der Waals surface area contributed by atoms with Crippen LogP contribution in [-0.2, 0) is 13.0 Å². The van der Waals surface area contributed by atoms with Crippen molar-refractivity contribution >= 4 is 0 Å². The fourth-order valence-corrected chi connectivity index (χ4v) is 2.24. The molecule has 0 spiro atoms. The van der Waals surface area contributed by atoms with Gasteiger partial charge < -0.3 is 5.32 Å². The summed E-state index contributed by atoms with van der Waals surface area (Å²) in [5, 5.41) is 8.00. The van der Waals surface area contributed by atoms with Crippen molar-refractivity contribution in [1.82, 2.24) is 15.1 Å². The topological polar surface area (TPSA) is 29.9 Å². The van der Waals surface area contributed by atoms with Gasteiger partial charge in [-0.2, -0.15) is 5.10 Å². The second kappa shape index (κ2) is 3.14. The summed E-state index contributed by atoms with van der Waals surface area (Å²) >= 11 is 0. The first-order chi connectivity index (χ1) is 6.24. The van der Waals surface area contributed by atoms with Crippen LogP contribution in [0.1, 0.15) is 36.8 Å². The lowest BCUT2D eigenvalue weighted by Gasteiger charge is -2.21. The van der Waals surface area contributed by atoms with Crippen molar-refractivity contribution < 1.29 is 0 Å². The molecule has 0 radical (unpaired) electrons. The molecule has 1 aliphatic rings. The molecule has 72 valence electrons. The smallest absolute Gasteiger partial charge is 0.0644 e. The second-order valence-electron chi connectivity index (χ2n) is 3.69. The van der Waals surface area contributed by atoms with Crippen LogP contribution < -0.4 is 5.32 Å². The first-order valence-electron chi connectivity index (χ1n) is 5.03. The Labute approximate surface area is 79.1 Å². The molecule has 1 aromatic rings. The third-order valence-electron chi connectivity index (χ3n) is 2.83. The molecule has 13 heavy (non-hydrogen) atoms. The van der Waals surface area contributed by atoms with E-state index in [4.69, 9.17) is 0 Å². The van der Waals surface area contributed by atoms with Gasteiger partial charge in [0.25, 0.3) is 0 Å². The summed E-state index contributed by atoms with van der Waals surface area (Å²) in [7, 11) is 0. The minimum Gasteiger partial charge on any atom is -0.310 e. The summed E-state index contributed by atoms with van der Waals surface area (Å²) in [6.45, 7) is 8.54. The van der Waals surface area contributed by atoms with Crippen molar-refractivity contribution in [3.8, 4) is 0 Å². The highest BCUT2D eigenvalue weighted by Crippen LogP contribution is 2.25. The van der Waals surface area contributed by atoms with Crippen LogP contribution in [0, 0.1) is 6.92 Å². The maximum atomic E-state index is 4.54. The largest absolute Gasteiger partial charge is 0.310 e. The number of nitrogens with zero attached hydrogens (tertiary/aromatic N) is 2. The number of hydrogen-bond donors (Lipinski definition) is 1. The van der Waals surface area contributed by atoms with Gasteiger partial charge in [0.15, 0.2) is 0 Å². The van der Waals surface area contributed by atoms with Crippen LogP contribution in [0.15, 0.2) is 0 Å². The molecule has 1 aromatic heterocycles. The summed E-state index contributed by atoms with van der Waals surface area (Å²) in [5.41, 5.74) is 4.05. The highest BCUT2D eigenvalue weighted by atomic mass is 15.3. The highest BCUT2D eigenvalue weighted by molar-refractivity contribution is 5.31. The average molecular weight is 179 g/mol. The van der Waals surface area contributed by atoms with Crippen LogP contribution >= 0.6 is 0 Å². The van der Waals surface area contributed by atoms with Gasteiger partial charge in [-0.05, 0) is 20.8 Å². The zero-order valence-corrected chi connectivity index (χ0v) is 8.59. The van der Waals surface area contributed by atoms with Crippen LogP contribution in [0.5, 0.6) is 0 Å². The van der Waals surface area contributed by atoms with E-state index in [0.717, 1.165) is 19.5 Å². The Morgan fingerprint density at radius 1 is 1.62 bits per heavy atom. The first-order valence-corrected chi connectivity index (χ1v) is 5.03. The summed E-state index contributed by atoms with van der Waals surface area (Å²) in [4.78, 5) is 0. The molecule has 0 bridgehead atoms. The summed E-state index contributed by atoms with van der Waals surface area (Å²) in [5.74, 6) is 0. The quantitative estimate of drug-likeness (QED) is 0.706. The fourth-order valence-electron chi connectivity index (χ4n) is 2.24. The predicted octanol–water partition coefficient (Wildman–Crippen LogP) is 1.42. The molecule has 0 saturated heterocycles. The van der Waals surface area contributed by atoms with E-state index in [1.54, 1.807) is 0 Å². The van der Waals surface area contributed by atoms with E-state index >= 15 is 0 Å². The summed E-state index contributed by atoms with van der Waals surface area (Å²) in [6.07, 6.45) is 1.12. The van der Waals surface area contributed by atoms with Crippen molar-refractivity contribution in [2.45, 2.75) is 39.8 Å². The molecule has 1 aliphatic heterocycles. The number of aryl methyl sites for hydroxylation is 2. The normalized spacial score (nSPS) is 21.6. The third-order valence-corrected chi connectivity index (χ3v) is 2.83. The van der Waals surface area contributed by atoms with Crippen molar-refractivity contribution in [3.63, 3.8) is 0 Å². The molecule has 0 amide bonds. The lowest BCUT2D eigenvalue weighted by Crippen LogP contribution is -2.28. The lowest BCUT2D eigenvalue weighted by molar-refractivity contribution is 0.513. The van der Waals surface area contributed by atoms with Gasteiger partial charge in [0, 0.05) is 36.8 Å². The van der Waals surface area contributed by atoms with Gasteiger partial charge in [0.2, 0.25) is 0 Å². The maximum Gasteiger partial charge on any atom is 0.0644 e. The van der Waals surface area contributed by atoms with E-state index < -0.39 is 0 Å². The Hall–Kier alpha value is -0.830. The van der Waals surface area contributed by atoms with E-state index in [9.17, 15) is 0 Å². The zero-order valence-electron chi connectivity index (χ0n) is 8.59. The van der Waals surface area contributed by atoms with E-state index in [1.165, 1.54) is 17.0 Å². The molecule has 0 aliphatic carbocycles. The van der Waals surface area contributed by atoms with Gasteiger partial charge >= 0.3 is 0 Å². The SMILES string of the molecule is CCn1nc(C)c2c1CCNC2C. The maximum absolute atomic E-state index is 4.54. The van der Waals surface area contributed by atoms with Gasteiger partial charge in [0.05, 0.1) is 5.69 Å². The molecule has 0 aromatic carbocycles. The Morgan fingerprint density at radius 2 is 2.38 bits per heavy atom. The minimum atomic E-state index is 0.476. The summed E-state index contributed by atoms with van der Waals surface area (Å²) in [6, 6.07) is 0.476. The van der Waals surface area contributed by atoms with Crippen molar-refractivity contribution in [2.24, 2.45) is 0 Å². The minimum absolute atomic E-state index is 0.476.